The van der Waals surface area contributed by atoms with Crippen molar-refractivity contribution in [1.82, 2.24) is 5.43 Å². The van der Waals surface area contributed by atoms with Crippen LogP contribution in [0.25, 0.3) is 0 Å². The third kappa shape index (κ3) is 2.28. The van der Waals surface area contributed by atoms with Crippen LogP contribution in [0.4, 0.5) is 11.4 Å². The fraction of sp³-hybridized carbons (Fsp3) is 0.286. The highest BCUT2D eigenvalue weighted by Crippen LogP contribution is 2.31. The number of imide groups is 1. The van der Waals surface area contributed by atoms with E-state index in [0.29, 0.717) is 0 Å². The molecule has 2 aliphatic heterocycles. The average Bonchev–Trinajstić information content (AvgIpc) is 3.09. The molecule has 0 bridgehead atoms. The molecule has 2 atom stereocenters. The highest BCUT2D eigenvalue weighted by Gasteiger charge is 2.55. The summed E-state index contributed by atoms with van der Waals surface area (Å²) in [7, 11) is 0. The Morgan fingerprint density at radius 2 is 2.00 bits per heavy atom. The summed E-state index contributed by atoms with van der Waals surface area (Å²) in [4.78, 5) is 47.8. The zero-order valence-corrected chi connectivity index (χ0v) is 12.5. The number of hydrogen-bond acceptors (Lipinski definition) is 8. The second-order valence-electron chi connectivity index (χ2n) is 5.09. The average molecular weight is 332 g/mol. The molecule has 2 amide bonds. The van der Waals surface area contributed by atoms with Gasteiger partial charge in [-0.3, -0.25) is 25.1 Å². The Labute approximate surface area is 135 Å². The van der Waals surface area contributed by atoms with Gasteiger partial charge in [0.25, 0.3) is 11.6 Å². The first kappa shape index (κ1) is 15.6. The van der Waals surface area contributed by atoms with E-state index >= 15 is 0 Å². The third-order valence-corrected chi connectivity index (χ3v) is 3.73. The molecule has 1 fully saturated rings. The molecule has 1 saturated heterocycles. The molecule has 3 rings (SSSR count). The molecule has 1 aromatic rings. The zero-order valence-electron chi connectivity index (χ0n) is 12.5. The van der Waals surface area contributed by atoms with Crippen LogP contribution in [-0.2, 0) is 19.1 Å². The van der Waals surface area contributed by atoms with E-state index < -0.39 is 34.7 Å². The SMILES string of the molecule is CCOC(=O)C1=NN[C@H]2C(=O)N(c3ccc([N+](=O)[O-])cc3)C(=O)[C@@H]12. The molecule has 0 saturated carbocycles. The Morgan fingerprint density at radius 1 is 1.33 bits per heavy atom. The summed E-state index contributed by atoms with van der Waals surface area (Å²) >= 11 is 0. The maximum absolute atomic E-state index is 12.6. The smallest absolute Gasteiger partial charge is 0.355 e. The minimum absolute atomic E-state index is 0.115. The molecule has 1 aromatic carbocycles. The number of ether oxygens (including phenoxy) is 1. The van der Waals surface area contributed by atoms with Crippen molar-refractivity contribution in [3.8, 4) is 0 Å². The molecule has 2 heterocycles. The molecule has 0 radical (unpaired) electrons. The predicted octanol–water partition coefficient (Wildman–Crippen LogP) is -0.0249. The largest absolute Gasteiger partial charge is 0.461 e. The molecule has 24 heavy (non-hydrogen) atoms. The molecular weight excluding hydrogens is 320 g/mol. The number of esters is 1. The summed E-state index contributed by atoms with van der Waals surface area (Å²) in [6.07, 6.45) is 0. The number of nitro groups is 1. The van der Waals surface area contributed by atoms with Crippen LogP contribution in [0.2, 0.25) is 0 Å². The van der Waals surface area contributed by atoms with E-state index in [1.54, 1.807) is 6.92 Å². The van der Waals surface area contributed by atoms with Gasteiger partial charge in [-0.25, -0.2) is 9.69 Å². The number of benzene rings is 1. The van der Waals surface area contributed by atoms with Crippen LogP contribution in [0, 0.1) is 16.0 Å². The second kappa shape index (κ2) is 5.72. The maximum atomic E-state index is 12.6. The predicted molar refractivity (Wildman–Crippen MR) is 80.1 cm³/mol. The highest BCUT2D eigenvalue weighted by atomic mass is 16.6. The van der Waals surface area contributed by atoms with Crippen LogP contribution in [-0.4, -0.2) is 41.1 Å². The van der Waals surface area contributed by atoms with E-state index in [0.717, 1.165) is 4.90 Å². The van der Waals surface area contributed by atoms with Gasteiger partial charge in [0.2, 0.25) is 5.91 Å². The first-order valence-corrected chi connectivity index (χ1v) is 7.08. The summed E-state index contributed by atoms with van der Waals surface area (Å²) in [6, 6.07) is 4.01. The van der Waals surface area contributed by atoms with Crippen molar-refractivity contribution in [2.75, 3.05) is 11.5 Å². The Morgan fingerprint density at radius 3 is 2.58 bits per heavy atom. The van der Waals surface area contributed by atoms with Gasteiger partial charge in [0, 0.05) is 12.1 Å². The maximum Gasteiger partial charge on any atom is 0.355 e. The van der Waals surface area contributed by atoms with Gasteiger partial charge in [-0.1, -0.05) is 0 Å². The number of rotatable bonds is 4. The minimum atomic E-state index is -1.06. The molecule has 10 nitrogen and oxygen atoms in total. The summed E-state index contributed by atoms with van der Waals surface area (Å²) in [5.41, 5.74) is 2.36. The van der Waals surface area contributed by atoms with Crippen molar-refractivity contribution in [2.24, 2.45) is 11.0 Å². The lowest BCUT2D eigenvalue weighted by molar-refractivity contribution is -0.384. The van der Waals surface area contributed by atoms with E-state index in [-0.39, 0.29) is 23.7 Å². The van der Waals surface area contributed by atoms with Crippen molar-refractivity contribution >= 4 is 34.9 Å². The number of non-ortho nitro benzene ring substituents is 1. The molecule has 0 aliphatic carbocycles. The summed E-state index contributed by atoms with van der Waals surface area (Å²) < 4.78 is 4.83. The van der Waals surface area contributed by atoms with Crippen molar-refractivity contribution in [3.63, 3.8) is 0 Å². The fourth-order valence-electron chi connectivity index (χ4n) is 2.64. The first-order chi connectivity index (χ1) is 11.5. The Balaban J connectivity index is 1.89. The van der Waals surface area contributed by atoms with Crippen molar-refractivity contribution in [1.29, 1.82) is 0 Å². The van der Waals surface area contributed by atoms with E-state index in [1.807, 2.05) is 0 Å². The summed E-state index contributed by atoms with van der Waals surface area (Å²) in [6.45, 7) is 1.73. The number of carbonyl (C=O) groups is 3. The van der Waals surface area contributed by atoms with Gasteiger partial charge < -0.3 is 4.74 Å². The van der Waals surface area contributed by atoms with Crippen LogP contribution >= 0.6 is 0 Å². The molecular formula is C14H12N4O6. The number of fused-ring (bicyclic) bond motifs is 1. The number of amides is 2. The van der Waals surface area contributed by atoms with E-state index in [9.17, 15) is 24.5 Å². The fourth-order valence-corrected chi connectivity index (χ4v) is 2.64. The van der Waals surface area contributed by atoms with Crippen LogP contribution in [0.3, 0.4) is 0 Å². The number of nitrogens with one attached hydrogen (secondary N) is 1. The topological polar surface area (TPSA) is 131 Å². The molecule has 0 unspecified atom stereocenters. The van der Waals surface area contributed by atoms with E-state index in [1.165, 1.54) is 24.3 Å². The molecule has 0 aromatic heterocycles. The van der Waals surface area contributed by atoms with Gasteiger partial charge >= 0.3 is 5.97 Å². The molecule has 2 aliphatic rings. The second-order valence-corrected chi connectivity index (χ2v) is 5.09. The van der Waals surface area contributed by atoms with Crippen molar-refractivity contribution in [2.45, 2.75) is 13.0 Å². The summed E-state index contributed by atoms with van der Waals surface area (Å²) in [5, 5.41) is 14.4. The van der Waals surface area contributed by atoms with E-state index in [4.69, 9.17) is 4.74 Å². The quantitative estimate of drug-likeness (QED) is 0.354. The number of nitro benzene ring substituents is 1. The zero-order chi connectivity index (χ0) is 17.4. The van der Waals surface area contributed by atoms with Gasteiger partial charge in [0.1, 0.15) is 12.0 Å². The van der Waals surface area contributed by atoms with Gasteiger partial charge in [0.05, 0.1) is 17.2 Å². The number of carbonyl (C=O) groups excluding carboxylic acids is 3. The van der Waals surface area contributed by atoms with Crippen LogP contribution < -0.4 is 10.3 Å². The van der Waals surface area contributed by atoms with E-state index in [2.05, 4.69) is 10.5 Å². The lowest BCUT2D eigenvalue weighted by Crippen LogP contribution is -2.36. The third-order valence-electron chi connectivity index (χ3n) is 3.73. The lowest BCUT2D eigenvalue weighted by atomic mass is 9.99. The molecule has 124 valence electrons. The Kier molecular flexibility index (Phi) is 3.72. The minimum Gasteiger partial charge on any atom is -0.461 e. The molecule has 0 spiro atoms. The standard InChI is InChI=1S/C14H12N4O6/c1-2-24-14(21)11-9-10(15-16-11)13(20)17(12(9)19)7-3-5-8(6-4-7)18(22)23/h3-6,9-10,15H,2H2,1H3/t9-,10-/m1/s1. The number of hydrazone groups is 1. The normalized spacial score (nSPS) is 22.0. The number of anilines is 1. The highest BCUT2D eigenvalue weighted by molar-refractivity contribution is 6.46. The Hall–Kier alpha value is -3.30. The van der Waals surface area contributed by atoms with Gasteiger partial charge in [-0.05, 0) is 19.1 Å². The number of hydrogen-bond donors (Lipinski definition) is 1. The molecule has 10 heteroatoms. The Bertz CT molecular complexity index is 772. The van der Waals surface area contributed by atoms with Crippen LogP contribution in [0.15, 0.2) is 29.4 Å². The van der Waals surface area contributed by atoms with Gasteiger partial charge in [0.15, 0.2) is 5.71 Å². The first-order valence-electron chi connectivity index (χ1n) is 7.08. The van der Waals surface area contributed by atoms with Gasteiger partial charge in [-0.15, -0.1) is 0 Å². The molecule has 1 N–H and O–H groups in total. The van der Waals surface area contributed by atoms with Crippen LogP contribution in [0.5, 0.6) is 0 Å². The lowest BCUT2D eigenvalue weighted by Gasteiger charge is -2.15. The van der Waals surface area contributed by atoms with Crippen molar-refractivity contribution in [3.05, 3.63) is 34.4 Å². The monoisotopic (exact) mass is 332 g/mol. The van der Waals surface area contributed by atoms with Crippen molar-refractivity contribution < 1.29 is 24.0 Å². The number of nitrogens with zero attached hydrogens (tertiary/aromatic N) is 3. The van der Waals surface area contributed by atoms with Gasteiger partial charge in [-0.2, -0.15) is 5.10 Å². The summed E-state index contributed by atoms with van der Waals surface area (Å²) in [5.74, 6) is -3.03. The van der Waals surface area contributed by atoms with Crippen LogP contribution in [0.1, 0.15) is 6.92 Å².